The monoisotopic (exact) mass is 263 g/mol. The van der Waals surface area contributed by atoms with Crippen LogP contribution in [0.2, 0.25) is 5.02 Å². The van der Waals surface area contributed by atoms with E-state index in [9.17, 15) is 4.39 Å². The average molecular weight is 264 g/mol. The molecule has 1 N–H and O–H groups in total. The van der Waals surface area contributed by atoms with Crippen molar-refractivity contribution in [1.82, 2.24) is 0 Å². The summed E-state index contributed by atoms with van der Waals surface area (Å²) in [5.74, 6) is 0.210. The van der Waals surface area contributed by atoms with Crippen molar-refractivity contribution in [3.05, 3.63) is 58.9 Å². The molecule has 1 heterocycles. The molecule has 3 rings (SSSR count). The number of nitrogens with one attached hydrogen (secondary N) is 1. The molecule has 2 aromatic rings. The number of hydrogen-bond donors (Lipinski definition) is 1. The maximum Gasteiger partial charge on any atom is 0.146 e. The lowest BCUT2D eigenvalue weighted by Gasteiger charge is -2.28. The zero-order valence-electron chi connectivity index (χ0n) is 9.49. The SMILES string of the molecule is Fc1ccc2c(c1)OC(c1ccccc1Cl)CN2. The summed E-state index contributed by atoms with van der Waals surface area (Å²) in [4.78, 5) is 0. The van der Waals surface area contributed by atoms with Crippen LogP contribution in [0.5, 0.6) is 5.75 Å². The van der Waals surface area contributed by atoms with Gasteiger partial charge in [-0.3, -0.25) is 0 Å². The van der Waals surface area contributed by atoms with E-state index in [2.05, 4.69) is 5.32 Å². The maximum atomic E-state index is 13.2. The lowest BCUT2D eigenvalue weighted by atomic mass is 10.1. The molecule has 0 saturated carbocycles. The number of halogens is 2. The summed E-state index contributed by atoms with van der Waals surface area (Å²) in [6.07, 6.45) is -0.201. The smallest absolute Gasteiger partial charge is 0.146 e. The largest absolute Gasteiger partial charge is 0.482 e. The molecule has 4 heteroatoms. The normalized spacial score (nSPS) is 17.6. The highest BCUT2D eigenvalue weighted by molar-refractivity contribution is 6.31. The highest BCUT2D eigenvalue weighted by Crippen LogP contribution is 2.36. The van der Waals surface area contributed by atoms with Crippen LogP contribution < -0.4 is 10.1 Å². The lowest BCUT2D eigenvalue weighted by Crippen LogP contribution is -2.23. The molecule has 2 nitrogen and oxygen atoms in total. The highest BCUT2D eigenvalue weighted by Gasteiger charge is 2.22. The van der Waals surface area contributed by atoms with Crippen molar-refractivity contribution in [3.63, 3.8) is 0 Å². The van der Waals surface area contributed by atoms with Crippen LogP contribution in [0, 0.1) is 5.82 Å². The number of hydrogen-bond acceptors (Lipinski definition) is 2. The van der Waals surface area contributed by atoms with E-state index in [4.69, 9.17) is 16.3 Å². The fourth-order valence-electron chi connectivity index (χ4n) is 2.05. The minimum atomic E-state index is -0.310. The molecular formula is C14H11ClFNO. The number of rotatable bonds is 1. The second kappa shape index (κ2) is 4.50. The Morgan fingerprint density at radius 1 is 1.22 bits per heavy atom. The second-order valence-corrected chi connectivity index (χ2v) is 4.56. The van der Waals surface area contributed by atoms with E-state index in [0.29, 0.717) is 17.3 Å². The number of anilines is 1. The van der Waals surface area contributed by atoms with Gasteiger partial charge >= 0.3 is 0 Å². The number of ether oxygens (including phenoxy) is 1. The first-order valence-electron chi connectivity index (χ1n) is 5.68. The zero-order chi connectivity index (χ0) is 12.5. The summed E-state index contributed by atoms with van der Waals surface area (Å²) in [5.41, 5.74) is 1.71. The third-order valence-corrected chi connectivity index (χ3v) is 3.29. The fraction of sp³-hybridized carbons (Fsp3) is 0.143. The van der Waals surface area contributed by atoms with Gasteiger partial charge in [0, 0.05) is 16.7 Å². The van der Waals surface area contributed by atoms with Gasteiger partial charge in [-0.25, -0.2) is 4.39 Å². The highest BCUT2D eigenvalue weighted by atomic mass is 35.5. The number of benzene rings is 2. The van der Waals surface area contributed by atoms with Crippen molar-refractivity contribution in [1.29, 1.82) is 0 Å². The summed E-state index contributed by atoms with van der Waals surface area (Å²) < 4.78 is 19.0. The summed E-state index contributed by atoms with van der Waals surface area (Å²) in [6.45, 7) is 0.613. The first-order valence-corrected chi connectivity index (χ1v) is 6.06. The van der Waals surface area contributed by atoms with E-state index in [1.165, 1.54) is 12.1 Å². The summed E-state index contributed by atoms with van der Waals surface area (Å²) in [6, 6.07) is 12.0. The fourth-order valence-corrected chi connectivity index (χ4v) is 2.30. The maximum absolute atomic E-state index is 13.2. The molecule has 0 saturated heterocycles. The molecule has 18 heavy (non-hydrogen) atoms. The van der Waals surface area contributed by atoms with Crippen LogP contribution in [0.4, 0.5) is 10.1 Å². The Kier molecular flexibility index (Phi) is 2.84. The van der Waals surface area contributed by atoms with Crippen LogP contribution in [-0.2, 0) is 0 Å². The van der Waals surface area contributed by atoms with Gasteiger partial charge in [0.2, 0.25) is 0 Å². The van der Waals surface area contributed by atoms with Crippen LogP contribution in [0.1, 0.15) is 11.7 Å². The van der Waals surface area contributed by atoms with E-state index in [-0.39, 0.29) is 11.9 Å². The Morgan fingerprint density at radius 3 is 2.89 bits per heavy atom. The third-order valence-electron chi connectivity index (χ3n) is 2.94. The molecule has 0 spiro atoms. The van der Waals surface area contributed by atoms with Gasteiger partial charge in [0.25, 0.3) is 0 Å². The molecule has 1 unspecified atom stereocenters. The summed E-state index contributed by atoms with van der Waals surface area (Å²) in [7, 11) is 0. The molecule has 0 aromatic heterocycles. The van der Waals surface area contributed by atoms with Gasteiger partial charge < -0.3 is 10.1 Å². The van der Waals surface area contributed by atoms with Gasteiger partial charge in [0.1, 0.15) is 17.7 Å². The molecule has 0 amide bonds. The Balaban J connectivity index is 1.93. The third kappa shape index (κ3) is 2.02. The van der Waals surface area contributed by atoms with E-state index in [1.807, 2.05) is 24.3 Å². The molecule has 1 atom stereocenters. The molecule has 2 aromatic carbocycles. The molecule has 1 aliphatic heterocycles. The molecule has 0 aliphatic carbocycles. The van der Waals surface area contributed by atoms with Crippen molar-refractivity contribution in [2.45, 2.75) is 6.10 Å². The van der Waals surface area contributed by atoms with Crippen LogP contribution in [0.15, 0.2) is 42.5 Å². The summed E-state index contributed by atoms with van der Waals surface area (Å²) >= 11 is 6.13. The van der Waals surface area contributed by atoms with Crippen LogP contribution in [0.25, 0.3) is 0 Å². The molecule has 0 fully saturated rings. The molecular weight excluding hydrogens is 253 g/mol. The molecule has 92 valence electrons. The van der Waals surface area contributed by atoms with Gasteiger partial charge in [-0.2, -0.15) is 0 Å². The van der Waals surface area contributed by atoms with Crippen LogP contribution in [0.3, 0.4) is 0 Å². The predicted molar refractivity (Wildman–Crippen MR) is 69.7 cm³/mol. The van der Waals surface area contributed by atoms with E-state index in [1.54, 1.807) is 6.07 Å². The molecule has 1 aliphatic rings. The zero-order valence-corrected chi connectivity index (χ0v) is 10.2. The quantitative estimate of drug-likeness (QED) is 0.839. The van der Waals surface area contributed by atoms with Gasteiger partial charge in [-0.1, -0.05) is 29.8 Å². The van der Waals surface area contributed by atoms with Gasteiger partial charge in [-0.15, -0.1) is 0 Å². The number of fused-ring (bicyclic) bond motifs is 1. The Morgan fingerprint density at radius 2 is 2.06 bits per heavy atom. The molecule has 0 radical (unpaired) electrons. The Bertz CT molecular complexity index is 588. The topological polar surface area (TPSA) is 21.3 Å². The lowest BCUT2D eigenvalue weighted by molar-refractivity contribution is 0.209. The van der Waals surface area contributed by atoms with Crippen LogP contribution >= 0.6 is 11.6 Å². The first-order chi connectivity index (χ1) is 8.74. The van der Waals surface area contributed by atoms with Crippen molar-refractivity contribution in [2.24, 2.45) is 0 Å². The van der Waals surface area contributed by atoms with Crippen LogP contribution in [-0.4, -0.2) is 6.54 Å². The summed E-state index contributed by atoms with van der Waals surface area (Å²) in [5, 5.41) is 3.87. The Labute approximate surface area is 109 Å². The second-order valence-electron chi connectivity index (χ2n) is 4.15. The first kappa shape index (κ1) is 11.4. The standard InChI is InChI=1S/C14H11ClFNO/c15-11-4-2-1-3-10(11)14-8-17-12-6-5-9(16)7-13(12)18-14/h1-7,14,17H,8H2. The van der Waals surface area contributed by atoms with E-state index < -0.39 is 0 Å². The van der Waals surface area contributed by atoms with E-state index in [0.717, 1.165) is 11.3 Å². The average Bonchev–Trinajstić information content (AvgIpc) is 2.38. The van der Waals surface area contributed by atoms with Crippen molar-refractivity contribution < 1.29 is 9.13 Å². The van der Waals surface area contributed by atoms with Gasteiger partial charge in [-0.05, 0) is 18.2 Å². The van der Waals surface area contributed by atoms with Gasteiger partial charge in [0.05, 0.1) is 12.2 Å². The van der Waals surface area contributed by atoms with Crippen molar-refractivity contribution in [2.75, 3.05) is 11.9 Å². The predicted octanol–water partition coefficient (Wildman–Crippen LogP) is 4.02. The minimum Gasteiger partial charge on any atom is -0.482 e. The minimum absolute atomic E-state index is 0.201. The van der Waals surface area contributed by atoms with Crippen molar-refractivity contribution in [3.8, 4) is 5.75 Å². The van der Waals surface area contributed by atoms with Gasteiger partial charge in [0.15, 0.2) is 0 Å². The van der Waals surface area contributed by atoms with Crippen molar-refractivity contribution >= 4 is 17.3 Å². The Hall–Kier alpha value is -1.74. The molecule has 0 bridgehead atoms. The van der Waals surface area contributed by atoms with E-state index >= 15 is 0 Å².